The zero-order valence-corrected chi connectivity index (χ0v) is 18.6. The fraction of sp³-hybridized carbons (Fsp3) is 0.696. The molecule has 0 radical (unpaired) electrons. The van der Waals surface area contributed by atoms with Crippen molar-refractivity contribution < 1.29 is 9.47 Å². The molecule has 1 aromatic rings. The second-order valence-electron chi connectivity index (χ2n) is 8.21. The third-order valence-corrected chi connectivity index (χ3v) is 5.81. The molecule has 1 unspecified atom stereocenters. The molecule has 0 bridgehead atoms. The summed E-state index contributed by atoms with van der Waals surface area (Å²) in [5.41, 5.74) is 2.29. The molecular formula is C23H38N4O2. The molecule has 0 aromatic heterocycles. The molecule has 1 atom stereocenters. The number of fused-ring (bicyclic) bond motifs is 1. The van der Waals surface area contributed by atoms with Crippen molar-refractivity contribution in [3.05, 3.63) is 23.3 Å². The van der Waals surface area contributed by atoms with Gasteiger partial charge in [0, 0.05) is 43.2 Å². The lowest BCUT2D eigenvalue weighted by atomic mass is 10.0. The van der Waals surface area contributed by atoms with Gasteiger partial charge in [0.05, 0.1) is 13.7 Å². The zero-order chi connectivity index (χ0) is 20.6. The van der Waals surface area contributed by atoms with Crippen LogP contribution in [0.25, 0.3) is 0 Å². The first-order chi connectivity index (χ1) is 14.1. The van der Waals surface area contributed by atoms with Gasteiger partial charge in [-0.2, -0.15) is 0 Å². The largest absolute Gasteiger partial charge is 0.496 e. The van der Waals surface area contributed by atoms with E-state index in [0.717, 1.165) is 36.0 Å². The molecular weight excluding hydrogens is 364 g/mol. The summed E-state index contributed by atoms with van der Waals surface area (Å²) < 4.78 is 11.5. The molecule has 162 valence electrons. The molecule has 1 fully saturated rings. The number of hydrogen-bond acceptors (Lipinski definition) is 4. The highest BCUT2D eigenvalue weighted by Gasteiger charge is 2.22. The number of piperidine rings is 1. The molecule has 2 aliphatic heterocycles. The van der Waals surface area contributed by atoms with E-state index in [1.165, 1.54) is 50.9 Å². The van der Waals surface area contributed by atoms with Gasteiger partial charge in [0.2, 0.25) is 0 Å². The molecule has 0 aliphatic carbocycles. The maximum atomic E-state index is 5.92. The second kappa shape index (κ2) is 10.7. The average molecular weight is 403 g/mol. The molecule has 2 aliphatic rings. The smallest absolute Gasteiger partial charge is 0.191 e. The monoisotopic (exact) mass is 402 g/mol. The summed E-state index contributed by atoms with van der Waals surface area (Å²) in [6, 6.07) is 4.68. The van der Waals surface area contributed by atoms with Gasteiger partial charge in [0.15, 0.2) is 5.96 Å². The Morgan fingerprint density at radius 2 is 2.07 bits per heavy atom. The quantitative estimate of drug-likeness (QED) is 0.516. The number of nitrogens with one attached hydrogen (secondary N) is 2. The lowest BCUT2D eigenvalue weighted by molar-refractivity contribution is 0.203. The number of ether oxygens (including phenoxy) is 2. The Morgan fingerprint density at radius 1 is 1.28 bits per heavy atom. The van der Waals surface area contributed by atoms with Crippen molar-refractivity contribution in [1.29, 1.82) is 0 Å². The van der Waals surface area contributed by atoms with E-state index < -0.39 is 0 Å². The molecule has 1 aromatic carbocycles. The number of benzene rings is 1. The van der Waals surface area contributed by atoms with E-state index in [2.05, 4.69) is 48.4 Å². The predicted octanol–water partition coefficient (Wildman–Crippen LogP) is 3.34. The average Bonchev–Trinajstić information content (AvgIpc) is 3.09. The van der Waals surface area contributed by atoms with Gasteiger partial charge in [-0.3, -0.25) is 0 Å². The fourth-order valence-electron chi connectivity index (χ4n) is 4.16. The Balaban J connectivity index is 1.61. The minimum atomic E-state index is 0.232. The summed E-state index contributed by atoms with van der Waals surface area (Å²) in [6.07, 6.45) is 6.08. The van der Waals surface area contributed by atoms with E-state index in [4.69, 9.17) is 14.5 Å². The van der Waals surface area contributed by atoms with Crippen molar-refractivity contribution >= 4 is 5.96 Å². The van der Waals surface area contributed by atoms with E-state index in [-0.39, 0.29) is 6.10 Å². The third-order valence-electron chi connectivity index (χ3n) is 5.81. The van der Waals surface area contributed by atoms with Crippen LogP contribution in [0.4, 0.5) is 0 Å². The molecule has 6 heteroatoms. The first-order valence-corrected chi connectivity index (χ1v) is 11.3. The molecule has 3 rings (SSSR count). The second-order valence-corrected chi connectivity index (χ2v) is 8.21. The Bertz CT molecular complexity index is 684. The van der Waals surface area contributed by atoms with Crippen molar-refractivity contribution in [2.45, 2.75) is 71.6 Å². The number of nitrogens with zero attached hydrogens (tertiary/aromatic N) is 2. The molecule has 2 N–H and O–H groups in total. The molecule has 0 spiro atoms. The van der Waals surface area contributed by atoms with E-state index in [9.17, 15) is 0 Å². The summed E-state index contributed by atoms with van der Waals surface area (Å²) in [7, 11) is 1.73. The molecule has 2 heterocycles. The van der Waals surface area contributed by atoms with Crippen molar-refractivity contribution in [3.8, 4) is 11.5 Å². The predicted molar refractivity (Wildman–Crippen MR) is 119 cm³/mol. The number of hydrogen-bond donors (Lipinski definition) is 2. The molecule has 29 heavy (non-hydrogen) atoms. The van der Waals surface area contributed by atoms with Gasteiger partial charge in [-0.05, 0) is 51.8 Å². The van der Waals surface area contributed by atoms with Crippen LogP contribution >= 0.6 is 0 Å². The van der Waals surface area contributed by atoms with Gasteiger partial charge in [0.1, 0.15) is 17.6 Å². The summed E-state index contributed by atoms with van der Waals surface area (Å²) in [5.74, 6) is 2.75. The van der Waals surface area contributed by atoms with E-state index in [1.54, 1.807) is 7.11 Å². The highest BCUT2D eigenvalue weighted by atomic mass is 16.5. The summed E-state index contributed by atoms with van der Waals surface area (Å²) in [5, 5.41) is 7.04. The number of likely N-dealkylation sites (tertiary alicyclic amines) is 1. The number of guanidine groups is 1. The van der Waals surface area contributed by atoms with Crippen LogP contribution in [-0.4, -0.2) is 56.3 Å². The minimum Gasteiger partial charge on any atom is -0.496 e. The van der Waals surface area contributed by atoms with Crippen LogP contribution in [-0.2, 0) is 13.0 Å². The van der Waals surface area contributed by atoms with Gasteiger partial charge in [-0.1, -0.05) is 13.3 Å². The van der Waals surface area contributed by atoms with E-state index in [0.29, 0.717) is 12.6 Å². The van der Waals surface area contributed by atoms with Crippen molar-refractivity contribution in [2.24, 2.45) is 4.99 Å². The highest BCUT2D eigenvalue weighted by molar-refractivity contribution is 5.80. The van der Waals surface area contributed by atoms with Crippen molar-refractivity contribution in [3.63, 3.8) is 0 Å². The van der Waals surface area contributed by atoms with Gasteiger partial charge >= 0.3 is 0 Å². The summed E-state index contributed by atoms with van der Waals surface area (Å²) in [4.78, 5) is 7.43. The van der Waals surface area contributed by atoms with Gasteiger partial charge in [-0.15, -0.1) is 0 Å². The molecule has 0 amide bonds. The van der Waals surface area contributed by atoms with Gasteiger partial charge in [0.25, 0.3) is 0 Å². The fourth-order valence-corrected chi connectivity index (χ4v) is 4.16. The van der Waals surface area contributed by atoms with Crippen molar-refractivity contribution in [1.82, 2.24) is 15.5 Å². The van der Waals surface area contributed by atoms with Gasteiger partial charge in [-0.25, -0.2) is 4.99 Å². The maximum absolute atomic E-state index is 5.92. The zero-order valence-electron chi connectivity index (χ0n) is 18.6. The van der Waals surface area contributed by atoms with Crippen LogP contribution in [0.1, 0.15) is 57.6 Å². The number of rotatable bonds is 8. The first-order valence-electron chi connectivity index (χ1n) is 11.3. The van der Waals surface area contributed by atoms with Crippen LogP contribution in [0.5, 0.6) is 11.5 Å². The minimum absolute atomic E-state index is 0.232. The van der Waals surface area contributed by atoms with Crippen molar-refractivity contribution in [2.75, 3.05) is 33.3 Å². The van der Waals surface area contributed by atoms with Crippen LogP contribution in [0.15, 0.2) is 17.1 Å². The van der Waals surface area contributed by atoms with E-state index >= 15 is 0 Å². The first kappa shape index (κ1) is 21.8. The topological polar surface area (TPSA) is 58.1 Å². The summed E-state index contributed by atoms with van der Waals surface area (Å²) in [6.45, 7) is 11.5. The van der Waals surface area contributed by atoms with Crippen LogP contribution in [0.3, 0.4) is 0 Å². The summed E-state index contributed by atoms with van der Waals surface area (Å²) >= 11 is 0. The number of aliphatic imine (C=N–C) groups is 1. The SMILES string of the molecule is CCCCN1CCC(NC(=NCc2cc3c(cc2OC)CC(C)O3)NCC)CC1. The lowest BCUT2D eigenvalue weighted by Gasteiger charge is -2.33. The molecule has 1 saturated heterocycles. The maximum Gasteiger partial charge on any atom is 0.191 e. The number of methoxy groups -OCH3 is 1. The normalized spacial score (nSPS) is 20.3. The third kappa shape index (κ3) is 6.01. The molecule has 0 saturated carbocycles. The molecule has 6 nitrogen and oxygen atoms in total. The van der Waals surface area contributed by atoms with Crippen LogP contribution in [0, 0.1) is 0 Å². The van der Waals surface area contributed by atoms with E-state index in [1.807, 2.05) is 0 Å². The highest BCUT2D eigenvalue weighted by Crippen LogP contribution is 2.35. The van der Waals surface area contributed by atoms with Gasteiger partial charge < -0.3 is 25.0 Å². The van der Waals surface area contributed by atoms with Crippen LogP contribution < -0.4 is 20.1 Å². The Morgan fingerprint density at radius 3 is 2.76 bits per heavy atom. The lowest BCUT2D eigenvalue weighted by Crippen LogP contribution is -2.48. The Hall–Kier alpha value is -1.95. The standard InChI is InChI=1S/C23H38N4O2/c1-5-7-10-27-11-8-20(9-12-27)26-23(24-6-2)25-16-19-15-22-18(13-17(3)29-22)14-21(19)28-4/h14-15,17,20H,5-13,16H2,1-4H3,(H2,24,25,26). The Kier molecular flexibility index (Phi) is 8.04. The number of unbranched alkanes of at least 4 members (excludes halogenated alkanes) is 1. The Labute approximate surface area is 176 Å². The van der Waals surface area contributed by atoms with Crippen LogP contribution in [0.2, 0.25) is 0 Å².